The molecule has 0 atom stereocenters. The van der Waals surface area contributed by atoms with Gasteiger partial charge in [0.2, 0.25) is 0 Å². The molecule has 1 fully saturated rings. The first-order valence-electron chi connectivity index (χ1n) is 8.16. The van der Waals surface area contributed by atoms with E-state index in [-0.39, 0.29) is 5.91 Å². The highest BCUT2D eigenvalue weighted by molar-refractivity contribution is 6.08. The SMILES string of the molecule is Cc1c(C(=O)N2CCCNCC2)oc2c1ccc1ccccc12. The van der Waals surface area contributed by atoms with Gasteiger partial charge in [0.25, 0.3) is 5.91 Å². The van der Waals surface area contributed by atoms with Crippen LogP contribution >= 0.6 is 0 Å². The Kier molecular flexibility index (Phi) is 3.54. The quantitative estimate of drug-likeness (QED) is 0.750. The van der Waals surface area contributed by atoms with E-state index in [0.717, 1.165) is 59.9 Å². The Morgan fingerprint density at radius 2 is 1.96 bits per heavy atom. The van der Waals surface area contributed by atoms with E-state index in [4.69, 9.17) is 4.42 Å². The van der Waals surface area contributed by atoms with Crippen molar-refractivity contribution >= 4 is 27.6 Å². The van der Waals surface area contributed by atoms with Crippen LogP contribution in [0.25, 0.3) is 21.7 Å². The molecule has 4 rings (SSSR count). The van der Waals surface area contributed by atoms with Crippen LogP contribution in [0.5, 0.6) is 0 Å². The first kappa shape index (κ1) is 14.3. The molecule has 1 aromatic heterocycles. The summed E-state index contributed by atoms with van der Waals surface area (Å²) >= 11 is 0. The number of benzene rings is 2. The maximum atomic E-state index is 12.9. The molecule has 1 aliphatic heterocycles. The van der Waals surface area contributed by atoms with E-state index in [1.165, 1.54) is 0 Å². The van der Waals surface area contributed by atoms with Gasteiger partial charge < -0.3 is 14.6 Å². The summed E-state index contributed by atoms with van der Waals surface area (Å²) in [6, 6.07) is 12.3. The number of fused-ring (bicyclic) bond motifs is 3. The van der Waals surface area contributed by atoms with Crippen molar-refractivity contribution in [3.05, 3.63) is 47.7 Å². The fraction of sp³-hybridized carbons (Fsp3) is 0.316. The number of aryl methyl sites for hydroxylation is 1. The zero-order chi connectivity index (χ0) is 15.8. The largest absolute Gasteiger partial charge is 0.450 e. The number of amides is 1. The topological polar surface area (TPSA) is 45.5 Å². The Bertz CT molecular complexity index is 874. The molecule has 1 saturated heterocycles. The lowest BCUT2D eigenvalue weighted by molar-refractivity contribution is 0.0736. The van der Waals surface area contributed by atoms with Crippen LogP contribution in [0.4, 0.5) is 0 Å². The number of nitrogens with zero attached hydrogens (tertiary/aromatic N) is 1. The first-order chi connectivity index (χ1) is 11.3. The van der Waals surface area contributed by atoms with Gasteiger partial charge >= 0.3 is 0 Å². The summed E-state index contributed by atoms with van der Waals surface area (Å²) in [5.41, 5.74) is 1.75. The molecule has 0 radical (unpaired) electrons. The lowest BCUT2D eigenvalue weighted by Crippen LogP contribution is -2.34. The number of hydrogen-bond acceptors (Lipinski definition) is 3. The van der Waals surface area contributed by atoms with Crippen molar-refractivity contribution in [3.63, 3.8) is 0 Å². The minimum atomic E-state index is 0.00600. The average molecular weight is 308 g/mol. The Labute approximate surface area is 135 Å². The zero-order valence-corrected chi connectivity index (χ0v) is 13.3. The van der Waals surface area contributed by atoms with Crippen LogP contribution in [0.15, 0.2) is 40.8 Å². The van der Waals surface area contributed by atoms with Gasteiger partial charge in [-0.05, 0) is 25.3 Å². The highest BCUT2D eigenvalue weighted by atomic mass is 16.3. The Morgan fingerprint density at radius 3 is 2.87 bits per heavy atom. The predicted octanol–water partition coefficient (Wildman–Crippen LogP) is 3.33. The van der Waals surface area contributed by atoms with Gasteiger partial charge in [0.15, 0.2) is 5.76 Å². The second-order valence-corrected chi connectivity index (χ2v) is 6.12. The number of furan rings is 1. The zero-order valence-electron chi connectivity index (χ0n) is 13.3. The molecule has 1 N–H and O–H groups in total. The average Bonchev–Trinajstić information content (AvgIpc) is 2.77. The van der Waals surface area contributed by atoms with E-state index in [0.29, 0.717) is 5.76 Å². The highest BCUT2D eigenvalue weighted by Gasteiger charge is 2.24. The summed E-state index contributed by atoms with van der Waals surface area (Å²) in [7, 11) is 0. The molecule has 0 spiro atoms. The summed E-state index contributed by atoms with van der Waals surface area (Å²) in [5.74, 6) is 0.490. The van der Waals surface area contributed by atoms with Gasteiger partial charge in [0.1, 0.15) is 5.58 Å². The molecule has 4 heteroatoms. The number of carbonyl (C=O) groups excluding carboxylic acids is 1. The van der Waals surface area contributed by atoms with Crippen LogP contribution < -0.4 is 5.32 Å². The number of nitrogens with one attached hydrogen (secondary N) is 1. The van der Waals surface area contributed by atoms with Crippen molar-refractivity contribution in [2.45, 2.75) is 13.3 Å². The van der Waals surface area contributed by atoms with Crippen LogP contribution in [0, 0.1) is 6.92 Å². The van der Waals surface area contributed by atoms with Crippen LogP contribution in [-0.2, 0) is 0 Å². The Hall–Kier alpha value is -2.33. The second kappa shape index (κ2) is 5.70. The Balaban J connectivity index is 1.82. The minimum Gasteiger partial charge on any atom is -0.450 e. The van der Waals surface area contributed by atoms with E-state index < -0.39 is 0 Å². The van der Waals surface area contributed by atoms with Crippen LogP contribution in [0.1, 0.15) is 22.5 Å². The van der Waals surface area contributed by atoms with E-state index in [2.05, 4.69) is 23.5 Å². The number of hydrogen-bond donors (Lipinski definition) is 1. The monoisotopic (exact) mass is 308 g/mol. The summed E-state index contributed by atoms with van der Waals surface area (Å²) in [4.78, 5) is 14.8. The van der Waals surface area contributed by atoms with Gasteiger partial charge in [-0.1, -0.05) is 36.4 Å². The van der Waals surface area contributed by atoms with E-state index in [1.54, 1.807) is 0 Å². The Morgan fingerprint density at radius 1 is 1.09 bits per heavy atom. The number of carbonyl (C=O) groups is 1. The van der Waals surface area contributed by atoms with Crippen molar-refractivity contribution in [2.75, 3.05) is 26.2 Å². The summed E-state index contributed by atoms with van der Waals surface area (Å²) < 4.78 is 6.06. The molecule has 4 nitrogen and oxygen atoms in total. The molecule has 0 unspecified atom stereocenters. The van der Waals surface area contributed by atoms with Gasteiger partial charge in [-0.15, -0.1) is 0 Å². The molecule has 1 amide bonds. The van der Waals surface area contributed by atoms with Gasteiger partial charge in [0.05, 0.1) is 0 Å². The van der Waals surface area contributed by atoms with Gasteiger partial charge in [-0.3, -0.25) is 4.79 Å². The van der Waals surface area contributed by atoms with Crippen molar-refractivity contribution in [1.82, 2.24) is 10.2 Å². The third-order valence-corrected chi connectivity index (χ3v) is 4.65. The molecule has 3 aromatic rings. The molecule has 0 bridgehead atoms. The maximum absolute atomic E-state index is 12.9. The smallest absolute Gasteiger partial charge is 0.289 e. The standard InChI is InChI=1S/C19H20N2O2/c1-13-15-8-7-14-5-2-3-6-16(14)18(15)23-17(13)19(22)21-11-4-9-20-10-12-21/h2-3,5-8,20H,4,9-12H2,1H3. The first-order valence-corrected chi connectivity index (χ1v) is 8.16. The molecular formula is C19H20N2O2. The van der Waals surface area contributed by atoms with Crippen molar-refractivity contribution in [1.29, 1.82) is 0 Å². The lowest BCUT2D eigenvalue weighted by atomic mass is 10.1. The summed E-state index contributed by atoms with van der Waals surface area (Å²) in [6.45, 7) is 5.30. The number of rotatable bonds is 1. The minimum absolute atomic E-state index is 0.00600. The normalized spacial score (nSPS) is 16.0. The molecular weight excluding hydrogens is 288 g/mol. The van der Waals surface area contributed by atoms with Crippen LogP contribution in [0.3, 0.4) is 0 Å². The predicted molar refractivity (Wildman–Crippen MR) is 91.8 cm³/mol. The molecule has 1 aliphatic rings. The molecule has 0 saturated carbocycles. The van der Waals surface area contributed by atoms with Gasteiger partial charge in [-0.25, -0.2) is 0 Å². The van der Waals surface area contributed by atoms with Crippen LogP contribution in [0.2, 0.25) is 0 Å². The third kappa shape index (κ3) is 2.39. The van der Waals surface area contributed by atoms with Crippen molar-refractivity contribution in [2.24, 2.45) is 0 Å². The molecule has 118 valence electrons. The van der Waals surface area contributed by atoms with Crippen LogP contribution in [-0.4, -0.2) is 37.0 Å². The molecule has 2 heterocycles. The fourth-order valence-electron chi connectivity index (χ4n) is 3.35. The van der Waals surface area contributed by atoms with E-state index >= 15 is 0 Å². The maximum Gasteiger partial charge on any atom is 0.289 e. The summed E-state index contributed by atoms with van der Waals surface area (Å²) in [5, 5.41) is 6.54. The molecule has 23 heavy (non-hydrogen) atoms. The van der Waals surface area contributed by atoms with Crippen molar-refractivity contribution < 1.29 is 9.21 Å². The van der Waals surface area contributed by atoms with Gasteiger partial charge in [-0.2, -0.15) is 0 Å². The highest BCUT2D eigenvalue weighted by Crippen LogP contribution is 2.32. The second-order valence-electron chi connectivity index (χ2n) is 6.12. The van der Waals surface area contributed by atoms with Crippen molar-refractivity contribution in [3.8, 4) is 0 Å². The fourth-order valence-corrected chi connectivity index (χ4v) is 3.35. The molecule has 0 aliphatic carbocycles. The van der Waals surface area contributed by atoms with E-state index in [9.17, 15) is 4.79 Å². The lowest BCUT2D eigenvalue weighted by Gasteiger charge is -2.18. The van der Waals surface area contributed by atoms with E-state index in [1.807, 2.05) is 30.0 Å². The van der Waals surface area contributed by atoms with Gasteiger partial charge in [0, 0.05) is 36.0 Å². The molecule has 2 aromatic carbocycles. The third-order valence-electron chi connectivity index (χ3n) is 4.65. The summed E-state index contributed by atoms with van der Waals surface area (Å²) in [6.07, 6.45) is 0.980.